The van der Waals surface area contributed by atoms with Gasteiger partial charge in [0, 0.05) is 5.02 Å². The maximum absolute atomic E-state index is 13.7. The first-order valence-electron chi connectivity index (χ1n) is 8.65. The number of aromatic nitrogens is 2. The number of hydrogen-bond acceptors (Lipinski definition) is 3. The molecule has 0 atom stereocenters. The fourth-order valence-electron chi connectivity index (χ4n) is 2.76. The Hall–Kier alpha value is -3.00. The third kappa shape index (κ3) is 4.89. The molecule has 0 radical (unpaired) electrons. The van der Waals surface area contributed by atoms with Gasteiger partial charge < -0.3 is 10.1 Å². The van der Waals surface area contributed by atoms with Crippen molar-refractivity contribution in [3.8, 4) is 11.4 Å². The minimum Gasteiger partial charge on any atom is -0.492 e. The van der Waals surface area contributed by atoms with Crippen molar-refractivity contribution in [3.05, 3.63) is 76.6 Å². The van der Waals surface area contributed by atoms with E-state index in [1.807, 2.05) is 0 Å². The lowest BCUT2D eigenvalue weighted by Crippen LogP contribution is -2.30. The molecule has 29 heavy (non-hydrogen) atoms. The van der Waals surface area contributed by atoms with Crippen LogP contribution in [-0.2, 0) is 6.18 Å². The summed E-state index contributed by atoms with van der Waals surface area (Å²) in [5.74, 6) is -0.387. The van der Waals surface area contributed by atoms with Crippen LogP contribution in [0, 0.1) is 6.92 Å². The van der Waals surface area contributed by atoms with E-state index in [1.54, 1.807) is 49.4 Å². The Labute approximate surface area is 170 Å². The summed E-state index contributed by atoms with van der Waals surface area (Å²) in [5, 5.41) is 6.73. The molecule has 1 heterocycles. The normalized spacial score (nSPS) is 11.3. The molecular weight excluding hydrogens is 407 g/mol. The van der Waals surface area contributed by atoms with Crippen molar-refractivity contribution in [2.75, 3.05) is 13.2 Å². The average Bonchev–Trinajstić information content (AvgIpc) is 3.11. The summed E-state index contributed by atoms with van der Waals surface area (Å²) < 4.78 is 47.2. The highest BCUT2D eigenvalue weighted by atomic mass is 35.5. The minimum atomic E-state index is -4.76. The molecule has 0 spiro atoms. The van der Waals surface area contributed by atoms with E-state index in [0.717, 1.165) is 10.9 Å². The van der Waals surface area contributed by atoms with Gasteiger partial charge >= 0.3 is 6.18 Å². The van der Waals surface area contributed by atoms with Crippen LogP contribution in [0.2, 0.25) is 5.02 Å². The van der Waals surface area contributed by atoms with Gasteiger partial charge in [-0.1, -0.05) is 35.9 Å². The van der Waals surface area contributed by atoms with Crippen LogP contribution in [0.1, 0.15) is 21.6 Å². The van der Waals surface area contributed by atoms with Crippen LogP contribution in [0.5, 0.6) is 5.75 Å². The molecule has 9 heteroatoms. The van der Waals surface area contributed by atoms with Gasteiger partial charge in [-0.2, -0.15) is 18.3 Å². The molecule has 0 saturated heterocycles. The lowest BCUT2D eigenvalue weighted by molar-refractivity contribution is -0.143. The van der Waals surface area contributed by atoms with Crippen molar-refractivity contribution in [2.45, 2.75) is 13.1 Å². The summed E-state index contributed by atoms with van der Waals surface area (Å²) in [5.41, 5.74) is -0.824. The average molecular weight is 424 g/mol. The van der Waals surface area contributed by atoms with Gasteiger partial charge in [0.05, 0.1) is 24.0 Å². The van der Waals surface area contributed by atoms with Gasteiger partial charge in [0.1, 0.15) is 12.4 Å². The predicted octanol–water partition coefficient (Wildman–Crippen LogP) is 4.66. The first kappa shape index (κ1) is 20.7. The second kappa shape index (κ2) is 8.57. The van der Waals surface area contributed by atoms with E-state index >= 15 is 0 Å². The van der Waals surface area contributed by atoms with Crippen LogP contribution >= 0.6 is 11.6 Å². The van der Waals surface area contributed by atoms with Crippen molar-refractivity contribution in [2.24, 2.45) is 0 Å². The molecule has 0 bridgehead atoms. The summed E-state index contributed by atoms with van der Waals surface area (Å²) in [4.78, 5) is 12.4. The molecule has 0 unspecified atom stereocenters. The number of carbonyl (C=O) groups excluding carboxylic acids is 1. The molecule has 0 saturated carbocycles. The molecule has 3 aromatic rings. The number of benzene rings is 2. The molecule has 1 N–H and O–H groups in total. The second-order valence-corrected chi connectivity index (χ2v) is 6.60. The lowest BCUT2D eigenvalue weighted by Gasteiger charge is -2.14. The highest BCUT2D eigenvalue weighted by molar-refractivity contribution is 6.30. The van der Waals surface area contributed by atoms with E-state index < -0.39 is 23.3 Å². The molecule has 2 aromatic carbocycles. The number of halogens is 4. The van der Waals surface area contributed by atoms with E-state index in [9.17, 15) is 18.0 Å². The van der Waals surface area contributed by atoms with Gasteiger partial charge in [-0.15, -0.1) is 0 Å². The van der Waals surface area contributed by atoms with Gasteiger partial charge in [0.25, 0.3) is 5.91 Å². The van der Waals surface area contributed by atoms with Gasteiger partial charge in [0.2, 0.25) is 0 Å². The van der Waals surface area contributed by atoms with Crippen molar-refractivity contribution < 1.29 is 22.7 Å². The summed E-state index contributed by atoms with van der Waals surface area (Å²) in [6.07, 6.45) is -3.84. The number of nitrogens with zero attached hydrogens (tertiary/aromatic N) is 2. The number of rotatable bonds is 6. The number of aryl methyl sites for hydroxylation is 1. The number of nitrogens with one attached hydrogen (secondary N) is 1. The van der Waals surface area contributed by atoms with E-state index in [0.29, 0.717) is 16.3 Å². The fraction of sp³-hybridized carbons (Fsp3) is 0.200. The Morgan fingerprint density at radius 3 is 2.66 bits per heavy atom. The van der Waals surface area contributed by atoms with Crippen LogP contribution in [0.15, 0.2) is 54.7 Å². The third-order valence-electron chi connectivity index (χ3n) is 4.08. The Bertz CT molecular complexity index is 1020. The zero-order valence-corrected chi connectivity index (χ0v) is 16.1. The number of amides is 1. The van der Waals surface area contributed by atoms with Crippen LogP contribution in [0.4, 0.5) is 13.2 Å². The van der Waals surface area contributed by atoms with E-state index in [-0.39, 0.29) is 18.8 Å². The Morgan fingerprint density at radius 1 is 1.21 bits per heavy atom. The van der Waals surface area contributed by atoms with Crippen molar-refractivity contribution in [3.63, 3.8) is 0 Å². The van der Waals surface area contributed by atoms with Crippen LogP contribution in [0.3, 0.4) is 0 Å². The highest BCUT2D eigenvalue weighted by Crippen LogP contribution is 2.34. The monoisotopic (exact) mass is 423 g/mol. The van der Waals surface area contributed by atoms with Crippen molar-refractivity contribution in [1.82, 2.24) is 15.1 Å². The molecule has 1 amide bonds. The third-order valence-corrected chi connectivity index (χ3v) is 4.31. The number of alkyl halides is 3. The maximum atomic E-state index is 13.7. The zero-order chi connectivity index (χ0) is 21.0. The van der Waals surface area contributed by atoms with Gasteiger partial charge in [-0.25, -0.2) is 4.68 Å². The molecule has 3 rings (SSSR count). The van der Waals surface area contributed by atoms with Gasteiger partial charge in [-0.05, 0) is 36.8 Å². The summed E-state index contributed by atoms with van der Waals surface area (Å²) >= 11 is 5.85. The molecule has 5 nitrogen and oxygen atoms in total. The smallest absolute Gasteiger partial charge is 0.434 e. The lowest BCUT2D eigenvalue weighted by atomic mass is 10.1. The Balaban J connectivity index is 1.74. The number of para-hydroxylation sites is 1. The van der Waals surface area contributed by atoms with Crippen LogP contribution < -0.4 is 10.1 Å². The number of ether oxygens (including phenoxy) is 1. The minimum absolute atomic E-state index is 0.0121. The molecule has 0 aliphatic carbocycles. The molecular formula is C20H17ClF3N3O2. The Kier molecular flexibility index (Phi) is 6.12. The number of hydrogen-bond donors (Lipinski definition) is 1. The predicted molar refractivity (Wildman–Crippen MR) is 103 cm³/mol. The molecule has 0 fully saturated rings. The van der Waals surface area contributed by atoms with Crippen LogP contribution in [-0.4, -0.2) is 28.8 Å². The number of carbonyl (C=O) groups is 1. The van der Waals surface area contributed by atoms with Gasteiger partial charge in [0.15, 0.2) is 5.69 Å². The van der Waals surface area contributed by atoms with Crippen molar-refractivity contribution in [1.29, 1.82) is 0 Å². The topological polar surface area (TPSA) is 56.2 Å². The molecule has 0 aliphatic heterocycles. The van der Waals surface area contributed by atoms with Gasteiger partial charge in [-0.3, -0.25) is 4.79 Å². The summed E-state index contributed by atoms with van der Waals surface area (Å²) in [6.45, 7) is 1.75. The van der Waals surface area contributed by atoms with E-state index in [4.69, 9.17) is 16.3 Å². The van der Waals surface area contributed by atoms with Crippen molar-refractivity contribution >= 4 is 17.5 Å². The highest BCUT2D eigenvalue weighted by Gasteiger charge is 2.40. The molecule has 152 valence electrons. The first-order valence-corrected chi connectivity index (χ1v) is 9.03. The fourth-order valence-corrected chi connectivity index (χ4v) is 2.94. The SMILES string of the molecule is Cc1ccccc1-n1ncc(C(=O)NCCOc2cccc(Cl)c2)c1C(F)(F)F. The molecule has 1 aromatic heterocycles. The summed E-state index contributed by atoms with van der Waals surface area (Å²) in [7, 11) is 0. The van der Waals surface area contributed by atoms with Crippen LogP contribution in [0.25, 0.3) is 5.69 Å². The molecule has 0 aliphatic rings. The first-order chi connectivity index (χ1) is 13.8. The summed E-state index contributed by atoms with van der Waals surface area (Å²) in [6, 6.07) is 13.2. The standard InChI is InChI=1S/C20H17ClF3N3O2/c1-13-5-2-3-8-17(13)27-18(20(22,23)24)16(12-26-27)19(28)25-9-10-29-15-7-4-6-14(21)11-15/h2-8,11-12H,9-10H2,1H3,(H,25,28). The second-order valence-electron chi connectivity index (χ2n) is 6.16. The largest absolute Gasteiger partial charge is 0.492 e. The quantitative estimate of drug-likeness (QED) is 0.586. The maximum Gasteiger partial charge on any atom is 0.434 e. The van der Waals surface area contributed by atoms with E-state index in [1.165, 1.54) is 6.07 Å². The van der Waals surface area contributed by atoms with E-state index in [2.05, 4.69) is 10.4 Å². The Morgan fingerprint density at radius 2 is 1.97 bits per heavy atom. The zero-order valence-electron chi connectivity index (χ0n) is 15.3.